The highest BCUT2D eigenvalue weighted by molar-refractivity contribution is 7.71. The number of rotatable bonds is 6. The number of carbonyl (C=O) groups is 1. The van der Waals surface area contributed by atoms with Crippen molar-refractivity contribution in [1.29, 1.82) is 0 Å². The fourth-order valence-corrected chi connectivity index (χ4v) is 3.11. The summed E-state index contributed by atoms with van der Waals surface area (Å²) in [6, 6.07) is 5.20. The molecule has 0 N–H and O–H groups in total. The molecule has 2 aromatic rings. The van der Waals surface area contributed by atoms with E-state index in [4.69, 9.17) is 4.52 Å². The lowest BCUT2D eigenvalue weighted by Gasteiger charge is -2.08. The summed E-state index contributed by atoms with van der Waals surface area (Å²) < 4.78 is 26.9. The van der Waals surface area contributed by atoms with Crippen molar-refractivity contribution in [2.45, 2.75) is 37.9 Å². The highest BCUT2D eigenvalue weighted by atomic mass is 32.2. The summed E-state index contributed by atoms with van der Waals surface area (Å²) in [5.74, 6) is 0.893. The Labute approximate surface area is 130 Å². The minimum absolute atomic E-state index is 0.00259. The van der Waals surface area contributed by atoms with Crippen molar-refractivity contribution in [1.82, 2.24) is 5.16 Å². The summed E-state index contributed by atoms with van der Waals surface area (Å²) in [7, 11) is -2.47. The van der Waals surface area contributed by atoms with Gasteiger partial charge in [0.25, 0.3) is 0 Å². The Bertz CT molecular complexity index is 779. The summed E-state index contributed by atoms with van der Waals surface area (Å²) in [6.45, 7) is 1.95. The minimum Gasteiger partial charge on any atom is -0.360 e. The van der Waals surface area contributed by atoms with Crippen LogP contribution in [0.3, 0.4) is 0 Å². The molecule has 0 amide bonds. The van der Waals surface area contributed by atoms with Crippen LogP contribution in [0.25, 0.3) is 0 Å². The van der Waals surface area contributed by atoms with Gasteiger partial charge in [0.2, 0.25) is 0 Å². The van der Waals surface area contributed by atoms with Crippen LogP contribution < -0.4 is 0 Å². The Morgan fingerprint density at radius 2 is 2.09 bits per heavy atom. The predicted molar refractivity (Wildman–Crippen MR) is 81.7 cm³/mol. The Balaban J connectivity index is 1.96. The van der Waals surface area contributed by atoms with Gasteiger partial charge >= 0.3 is 0 Å². The van der Waals surface area contributed by atoms with Crippen LogP contribution in [0.15, 0.2) is 28.9 Å². The molecule has 0 radical (unpaired) electrons. The topological polar surface area (TPSA) is 77.2 Å². The maximum absolute atomic E-state index is 12.8. The highest BCUT2D eigenvalue weighted by Crippen LogP contribution is 2.42. The quantitative estimate of drug-likeness (QED) is 0.654. The van der Waals surface area contributed by atoms with Crippen molar-refractivity contribution < 1.29 is 17.7 Å². The van der Waals surface area contributed by atoms with Gasteiger partial charge in [-0.15, -0.1) is 0 Å². The van der Waals surface area contributed by atoms with Crippen molar-refractivity contribution >= 4 is 16.5 Å². The van der Waals surface area contributed by atoms with Crippen molar-refractivity contribution in [2.24, 2.45) is 0 Å². The second-order valence-corrected chi connectivity index (χ2v) is 6.52. The highest BCUT2D eigenvalue weighted by Gasteiger charge is 2.33. The van der Waals surface area contributed by atoms with E-state index >= 15 is 0 Å². The van der Waals surface area contributed by atoms with Crippen molar-refractivity contribution in [3.8, 4) is 0 Å². The van der Waals surface area contributed by atoms with Gasteiger partial charge in [0, 0.05) is 11.5 Å². The van der Waals surface area contributed by atoms with Gasteiger partial charge in [-0.1, -0.05) is 30.3 Å². The molecule has 1 aliphatic carbocycles. The first-order chi connectivity index (χ1) is 10.6. The number of nitrogens with zero attached hydrogens (tertiary/aromatic N) is 1. The first kappa shape index (κ1) is 15.0. The second kappa shape index (κ2) is 6.04. The molecule has 1 aliphatic rings. The zero-order valence-corrected chi connectivity index (χ0v) is 13.1. The van der Waals surface area contributed by atoms with E-state index in [9.17, 15) is 13.2 Å². The van der Waals surface area contributed by atoms with E-state index in [-0.39, 0.29) is 11.5 Å². The molecule has 6 heteroatoms. The SMILES string of the molecule is CCc1cc(C[SH](=O)=O)ccc1C(=O)c1cnoc1C1CC1. The normalized spacial score (nSPS) is 14.5. The van der Waals surface area contributed by atoms with Crippen LogP contribution in [-0.2, 0) is 22.9 Å². The number of benzene rings is 1. The summed E-state index contributed by atoms with van der Waals surface area (Å²) in [6.07, 6.45) is 4.21. The zero-order chi connectivity index (χ0) is 15.7. The Morgan fingerprint density at radius 1 is 1.32 bits per heavy atom. The molecule has 0 saturated heterocycles. The van der Waals surface area contributed by atoms with Crippen molar-refractivity contribution in [3.05, 3.63) is 52.4 Å². The Morgan fingerprint density at radius 3 is 2.73 bits per heavy atom. The fourth-order valence-electron chi connectivity index (χ4n) is 2.61. The van der Waals surface area contributed by atoms with Gasteiger partial charge in [-0.2, -0.15) is 0 Å². The fraction of sp³-hybridized carbons (Fsp3) is 0.375. The summed E-state index contributed by atoms with van der Waals surface area (Å²) in [4.78, 5) is 12.8. The maximum atomic E-state index is 12.8. The number of aryl methyl sites for hydroxylation is 1. The molecule has 0 spiro atoms. The molecule has 1 aromatic heterocycles. The van der Waals surface area contributed by atoms with Crippen molar-refractivity contribution in [3.63, 3.8) is 0 Å². The first-order valence-electron chi connectivity index (χ1n) is 7.33. The van der Waals surface area contributed by atoms with Gasteiger partial charge < -0.3 is 4.52 Å². The monoisotopic (exact) mass is 319 g/mol. The van der Waals surface area contributed by atoms with Gasteiger partial charge in [0.15, 0.2) is 11.5 Å². The van der Waals surface area contributed by atoms with Crippen LogP contribution in [0.1, 0.15) is 58.5 Å². The van der Waals surface area contributed by atoms with E-state index in [0.29, 0.717) is 34.8 Å². The smallest absolute Gasteiger partial charge is 0.198 e. The molecular formula is C16H17NO4S. The average Bonchev–Trinajstić information content (AvgIpc) is 3.23. The molecular weight excluding hydrogens is 302 g/mol. The predicted octanol–water partition coefficient (Wildman–Crippen LogP) is 2.46. The summed E-state index contributed by atoms with van der Waals surface area (Å²) >= 11 is 0. The van der Waals surface area contributed by atoms with Gasteiger partial charge in [0.05, 0.1) is 17.5 Å². The van der Waals surface area contributed by atoms with Crippen molar-refractivity contribution in [2.75, 3.05) is 0 Å². The van der Waals surface area contributed by atoms with Crippen LogP contribution in [0.4, 0.5) is 0 Å². The molecule has 1 saturated carbocycles. The van der Waals surface area contributed by atoms with Gasteiger partial charge in [-0.05, 0) is 30.4 Å². The molecule has 0 unspecified atom stereocenters. The second-order valence-electron chi connectivity index (χ2n) is 5.54. The average molecular weight is 319 g/mol. The lowest BCUT2D eigenvalue weighted by molar-refractivity contribution is 0.103. The standard InChI is InChI=1S/C16H17NO4S/c1-2-11-7-10(9-22(19)20)3-6-13(11)15(18)14-8-17-21-16(14)12-4-5-12/h3,6-8,12,22H,2,4-5,9H2,1H3. The van der Waals surface area contributed by atoms with E-state index < -0.39 is 10.7 Å². The summed E-state index contributed by atoms with van der Waals surface area (Å²) in [5, 5.41) is 3.77. The number of thiol groups is 1. The largest absolute Gasteiger partial charge is 0.360 e. The maximum Gasteiger partial charge on any atom is 0.198 e. The van der Waals surface area contributed by atoms with Crippen LogP contribution in [0, 0.1) is 0 Å². The van der Waals surface area contributed by atoms with E-state index in [1.54, 1.807) is 18.2 Å². The molecule has 0 aliphatic heterocycles. The molecule has 1 aromatic carbocycles. The van der Waals surface area contributed by atoms with Crippen LogP contribution in [0.5, 0.6) is 0 Å². The van der Waals surface area contributed by atoms with Gasteiger partial charge in [0.1, 0.15) is 10.7 Å². The number of aromatic nitrogens is 1. The molecule has 1 fully saturated rings. The van der Waals surface area contributed by atoms with Gasteiger partial charge in [-0.3, -0.25) is 4.79 Å². The third-order valence-electron chi connectivity index (χ3n) is 3.90. The summed E-state index contributed by atoms with van der Waals surface area (Å²) in [5.41, 5.74) is 2.68. The van der Waals surface area contributed by atoms with E-state index in [1.807, 2.05) is 6.92 Å². The lowest BCUT2D eigenvalue weighted by atomic mass is 9.95. The Hall–Kier alpha value is -1.95. The number of hydrogen-bond donors (Lipinski definition) is 1. The molecule has 0 atom stereocenters. The van der Waals surface area contributed by atoms with Crippen LogP contribution >= 0.6 is 0 Å². The Kier molecular flexibility index (Phi) is 4.11. The van der Waals surface area contributed by atoms with Crippen LogP contribution in [-0.4, -0.2) is 19.4 Å². The first-order valence-corrected chi connectivity index (χ1v) is 8.69. The third kappa shape index (κ3) is 2.97. The molecule has 3 rings (SSSR count). The molecule has 22 heavy (non-hydrogen) atoms. The minimum atomic E-state index is -2.47. The van der Waals surface area contributed by atoms with E-state index in [1.165, 1.54) is 6.20 Å². The van der Waals surface area contributed by atoms with Crippen LogP contribution in [0.2, 0.25) is 0 Å². The number of carbonyl (C=O) groups excluding carboxylic acids is 1. The number of ketones is 1. The molecule has 0 bridgehead atoms. The van der Waals surface area contributed by atoms with Gasteiger partial charge in [-0.25, -0.2) is 8.42 Å². The third-order valence-corrected chi connectivity index (χ3v) is 4.52. The zero-order valence-electron chi connectivity index (χ0n) is 12.2. The lowest BCUT2D eigenvalue weighted by Crippen LogP contribution is -2.07. The molecule has 1 heterocycles. The molecule has 116 valence electrons. The number of hydrogen-bond acceptors (Lipinski definition) is 5. The van der Waals surface area contributed by atoms with E-state index in [0.717, 1.165) is 18.4 Å². The molecule has 5 nitrogen and oxygen atoms in total. The van der Waals surface area contributed by atoms with E-state index in [2.05, 4.69) is 5.16 Å².